The van der Waals surface area contributed by atoms with Gasteiger partial charge in [-0.3, -0.25) is 9.80 Å². The summed E-state index contributed by atoms with van der Waals surface area (Å²) in [5.74, 6) is -0.195. The Hall–Kier alpha value is -0.390. The minimum Gasteiger partial charge on any atom is -0.315 e. The van der Waals surface area contributed by atoms with Gasteiger partial charge in [-0.25, -0.2) is 4.39 Å². The monoisotopic (exact) mass is 333 g/mol. The first kappa shape index (κ1) is 17.0. The highest BCUT2D eigenvalue weighted by Crippen LogP contribution is 2.22. The van der Waals surface area contributed by atoms with Gasteiger partial charge in [0.2, 0.25) is 0 Å². The molecule has 0 spiro atoms. The maximum atomic E-state index is 13.8. The molecule has 0 saturated carbocycles. The van der Waals surface area contributed by atoms with Crippen LogP contribution in [-0.2, 0) is 6.54 Å². The van der Waals surface area contributed by atoms with E-state index in [1.54, 1.807) is 12.1 Å². The first-order valence-electron chi connectivity index (χ1n) is 7.34. The Kier molecular flexibility index (Phi) is 6.26. The van der Waals surface area contributed by atoms with Crippen molar-refractivity contribution in [1.82, 2.24) is 15.1 Å². The molecular weight excluding hydrogens is 312 g/mol. The second kappa shape index (κ2) is 7.75. The molecule has 2 heterocycles. The fourth-order valence-electron chi connectivity index (χ4n) is 3.14. The van der Waals surface area contributed by atoms with E-state index < -0.39 is 0 Å². The van der Waals surface area contributed by atoms with E-state index in [4.69, 9.17) is 11.6 Å². The third-order valence-electron chi connectivity index (χ3n) is 4.40. The Morgan fingerprint density at radius 2 is 2.00 bits per heavy atom. The molecule has 2 fully saturated rings. The molecule has 0 bridgehead atoms. The van der Waals surface area contributed by atoms with Crippen LogP contribution in [0.2, 0.25) is 5.02 Å². The van der Waals surface area contributed by atoms with Crippen molar-refractivity contribution >= 4 is 24.0 Å². The molecule has 1 aromatic carbocycles. The molecule has 21 heavy (non-hydrogen) atoms. The fraction of sp³-hybridized carbons (Fsp3) is 0.600. The highest BCUT2D eigenvalue weighted by atomic mass is 35.5. The average molecular weight is 334 g/mol. The van der Waals surface area contributed by atoms with Crippen molar-refractivity contribution in [1.29, 1.82) is 0 Å². The van der Waals surface area contributed by atoms with Gasteiger partial charge in [-0.2, -0.15) is 0 Å². The molecule has 2 aliphatic rings. The summed E-state index contributed by atoms with van der Waals surface area (Å²) in [6, 6.07) is 5.60. The van der Waals surface area contributed by atoms with Crippen LogP contribution in [0.1, 0.15) is 12.0 Å². The van der Waals surface area contributed by atoms with E-state index in [9.17, 15) is 4.39 Å². The van der Waals surface area contributed by atoms with Gasteiger partial charge in [0.25, 0.3) is 0 Å². The van der Waals surface area contributed by atoms with Crippen LogP contribution in [0.15, 0.2) is 18.2 Å². The number of hydrogen-bond acceptors (Lipinski definition) is 3. The maximum Gasteiger partial charge on any atom is 0.129 e. The standard InChI is InChI=1S/C15H21ClFN3.ClH/c16-14-2-1-3-15(17)13(14)11-19-6-8-20(9-7-19)12-4-5-18-10-12;/h1-3,12,18H,4-11H2;1H. The van der Waals surface area contributed by atoms with Crippen molar-refractivity contribution in [2.24, 2.45) is 0 Å². The molecule has 0 aliphatic carbocycles. The van der Waals surface area contributed by atoms with E-state index in [2.05, 4.69) is 15.1 Å². The summed E-state index contributed by atoms with van der Waals surface area (Å²) in [4.78, 5) is 4.85. The normalized spacial score (nSPS) is 24.0. The number of nitrogens with one attached hydrogen (secondary N) is 1. The minimum absolute atomic E-state index is 0. The van der Waals surface area contributed by atoms with Gasteiger partial charge in [0.15, 0.2) is 0 Å². The van der Waals surface area contributed by atoms with Crippen LogP contribution in [0.4, 0.5) is 4.39 Å². The van der Waals surface area contributed by atoms with Gasteiger partial charge in [0.1, 0.15) is 5.82 Å². The lowest BCUT2D eigenvalue weighted by Gasteiger charge is -2.37. The van der Waals surface area contributed by atoms with E-state index in [-0.39, 0.29) is 18.2 Å². The predicted octanol–water partition coefficient (Wildman–Crippen LogP) is 2.38. The molecule has 118 valence electrons. The zero-order valence-electron chi connectivity index (χ0n) is 12.0. The molecule has 2 aliphatic heterocycles. The van der Waals surface area contributed by atoms with Gasteiger partial charge < -0.3 is 5.32 Å². The molecule has 6 heteroatoms. The zero-order chi connectivity index (χ0) is 13.9. The van der Waals surface area contributed by atoms with Gasteiger partial charge in [-0.1, -0.05) is 17.7 Å². The summed E-state index contributed by atoms with van der Waals surface area (Å²) in [6.45, 7) is 6.97. The van der Waals surface area contributed by atoms with Gasteiger partial charge in [0.05, 0.1) is 0 Å². The van der Waals surface area contributed by atoms with Crippen LogP contribution in [0.3, 0.4) is 0 Å². The fourth-order valence-corrected chi connectivity index (χ4v) is 3.37. The Bertz CT molecular complexity index is 438. The van der Waals surface area contributed by atoms with Crippen molar-refractivity contribution in [2.75, 3.05) is 39.3 Å². The number of piperazine rings is 1. The molecule has 1 unspecified atom stereocenters. The zero-order valence-corrected chi connectivity index (χ0v) is 13.6. The first-order valence-corrected chi connectivity index (χ1v) is 7.72. The summed E-state index contributed by atoms with van der Waals surface area (Å²) < 4.78 is 13.8. The Labute approximate surface area is 136 Å². The van der Waals surface area contributed by atoms with Crippen LogP contribution in [0.25, 0.3) is 0 Å². The van der Waals surface area contributed by atoms with Crippen molar-refractivity contribution in [2.45, 2.75) is 19.0 Å². The number of rotatable bonds is 3. The van der Waals surface area contributed by atoms with Crippen LogP contribution in [0, 0.1) is 5.82 Å². The quantitative estimate of drug-likeness (QED) is 0.916. The van der Waals surface area contributed by atoms with Crippen molar-refractivity contribution in [3.05, 3.63) is 34.6 Å². The summed E-state index contributed by atoms with van der Waals surface area (Å²) in [6.07, 6.45) is 1.25. The van der Waals surface area contributed by atoms with Crippen LogP contribution in [-0.4, -0.2) is 55.1 Å². The molecule has 2 saturated heterocycles. The van der Waals surface area contributed by atoms with Crippen LogP contribution >= 0.6 is 24.0 Å². The SMILES string of the molecule is Cl.Fc1cccc(Cl)c1CN1CCN(C2CCNC2)CC1. The smallest absolute Gasteiger partial charge is 0.129 e. The lowest BCUT2D eigenvalue weighted by Crippen LogP contribution is -2.50. The number of benzene rings is 1. The molecule has 1 atom stereocenters. The van der Waals surface area contributed by atoms with Crippen molar-refractivity contribution in [3.63, 3.8) is 0 Å². The van der Waals surface area contributed by atoms with Gasteiger partial charge in [0, 0.05) is 55.9 Å². The number of nitrogens with zero attached hydrogens (tertiary/aromatic N) is 2. The molecule has 3 rings (SSSR count). The summed E-state index contributed by atoms with van der Waals surface area (Å²) in [7, 11) is 0. The maximum absolute atomic E-state index is 13.8. The van der Waals surface area contributed by atoms with E-state index in [1.165, 1.54) is 12.5 Å². The molecule has 1 N–H and O–H groups in total. The third-order valence-corrected chi connectivity index (χ3v) is 4.76. The lowest BCUT2D eigenvalue weighted by molar-refractivity contribution is 0.0974. The second-order valence-corrected chi connectivity index (χ2v) is 6.07. The van der Waals surface area contributed by atoms with Gasteiger partial charge in [-0.15, -0.1) is 12.4 Å². The Morgan fingerprint density at radius 1 is 1.24 bits per heavy atom. The van der Waals surface area contributed by atoms with E-state index >= 15 is 0 Å². The number of halogens is 3. The lowest BCUT2D eigenvalue weighted by atomic mass is 10.1. The van der Waals surface area contributed by atoms with E-state index in [1.807, 2.05) is 0 Å². The predicted molar refractivity (Wildman–Crippen MR) is 86.8 cm³/mol. The van der Waals surface area contributed by atoms with E-state index in [0.29, 0.717) is 23.2 Å². The summed E-state index contributed by atoms with van der Waals surface area (Å²) in [5.41, 5.74) is 0.630. The minimum atomic E-state index is -0.195. The van der Waals surface area contributed by atoms with Gasteiger partial charge >= 0.3 is 0 Å². The van der Waals surface area contributed by atoms with Crippen molar-refractivity contribution in [3.8, 4) is 0 Å². The molecule has 0 radical (unpaired) electrons. The Balaban J connectivity index is 0.00000161. The van der Waals surface area contributed by atoms with Crippen LogP contribution in [0.5, 0.6) is 0 Å². The molecule has 0 amide bonds. The third kappa shape index (κ3) is 4.08. The largest absolute Gasteiger partial charge is 0.315 e. The topological polar surface area (TPSA) is 18.5 Å². The van der Waals surface area contributed by atoms with Crippen LogP contribution < -0.4 is 5.32 Å². The summed E-state index contributed by atoms with van der Waals surface area (Å²) in [5, 5.41) is 3.95. The number of hydrogen-bond donors (Lipinski definition) is 1. The summed E-state index contributed by atoms with van der Waals surface area (Å²) >= 11 is 6.10. The van der Waals surface area contributed by atoms with Gasteiger partial charge in [-0.05, 0) is 25.1 Å². The molecular formula is C15H22Cl2FN3. The van der Waals surface area contributed by atoms with Crippen molar-refractivity contribution < 1.29 is 4.39 Å². The first-order chi connectivity index (χ1) is 9.74. The average Bonchev–Trinajstić information content (AvgIpc) is 2.98. The molecule has 0 aromatic heterocycles. The molecule has 1 aromatic rings. The highest BCUT2D eigenvalue weighted by Gasteiger charge is 2.26. The second-order valence-electron chi connectivity index (χ2n) is 5.66. The van der Waals surface area contributed by atoms with E-state index in [0.717, 1.165) is 39.3 Å². The molecule has 3 nitrogen and oxygen atoms in total. The Morgan fingerprint density at radius 3 is 2.62 bits per heavy atom. The highest BCUT2D eigenvalue weighted by molar-refractivity contribution is 6.31.